The minimum absolute atomic E-state index is 0.126. The molecule has 1 N–H and O–H groups in total. The van der Waals surface area contributed by atoms with Crippen molar-refractivity contribution in [2.24, 2.45) is 7.05 Å². The lowest BCUT2D eigenvalue weighted by Gasteiger charge is -2.18. The molecule has 0 saturated carbocycles. The van der Waals surface area contributed by atoms with Crippen LogP contribution in [0, 0.1) is 6.92 Å². The molecule has 6 heteroatoms. The van der Waals surface area contributed by atoms with Crippen molar-refractivity contribution < 1.29 is 4.79 Å². The smallest absolute Gasteiger partial charge is 0.221 e. The highest BCUT2D eigenvalue weighted by atomic mass is 35.5. The van der Waals surface area contributed by atoms with Gasteiger partial charge in [-0.2, -0.15) is 5.10 Å². The van der Waals surface area contributed by atoms with Crippen molar-refractivity contribution in [3.8, 4) is 0 Å². The van der Waals surface area contributed by atoms with E-state index >= 15 is 0 Å². The quantitative estimate of drug-likeness (QED) is 0.848. The van der Waals surface area contributed by atoms with E-state index in [0.29, 0.717) is 18.1 Å². The van der Waals surface area contributed by atoms with E-state index in [-0.39, 0.29) is 5.91 Å². The van der Waals surface area contributed by atoms with E-state index in [1.54, 1.807) is 4.68 Å². The Morgan fingerprint density at radius 3 is 2.88 bits per heavy atom. The summed E-state index contributed by atoms with van der Waals surface area (Å²) in [7, 11) is 1.84. The Kier molecular flexibility index (Phi) is 3.69. The number of nitrogens with zero attached hydrogens (tertiary/aromatic N) is 3. The maximum absolute atomic E-state index is 11.2. The molecular weight excluding hydrogens is 240 g/mol. The summed E-state index contributed by atoms with van der Waals surface area (Å²) in [6.45, 7) is 5.05. The number of halogens is 1. The largest absolute Gasteiger partial charge is 0.355 e. The van der Waals surface area contributed by atoms with Crippen molar-refractivity contribution in [1.29, 1.82) is 0 Å². The normalized spacial score (nSPS) is 17.9. The second kappa shape index (κ2) is 5.06. The average Bonchev–Trinajstić information content (AvgIpc) is 2.46. The number of rotatable bonds is 2. The third-order valence-corrected chi connectivity index (χ3v) is 3.53. The van der Waals surface area contributed by atoms with Crippen LogP contribution in [0.1, 0.15) is 17.7 Å². The molecule has 0 atom stereocenters. The van der Waals surface area contributed by atoms with Crippen LogP contribution in [-0.2, 0) is 18.4 Å². The standard InChI is InChI=1S/C11H17ClN4O/c1-8-9(11(12)15(2)14-8)7-16-5-3-10(17)13-4-6-16/h3-7H2,1-2H3,(H,13,17). The van der Waals surface area contributed by atoms with Crippen LogP contribution >= 0.6 is 11.6 Å². The molecule has 1 aliphatic rings. The van der Waals surface area contributed by atoms with Gasteiger partial charge in [-0.3, -0.25) is 14.4 Å². The third-order valence-electron chi connectivity index (χ3n) is 3.06. The number of carbonyl (C=O) groups is 1. The molecule has 5 nitrogen and oxygen atoms in total. The molecule has 2 heterocycles. The van der Waals surface area contributed by atoms with Gasteiger partial charge in [0.15, 0.2) is 0 Å². The molecule has 0 spiro atoms. The number of aryl methyl sites for hydroxylation is 2. The van der Waals surface area contributed by atoms with Crippen molar-refractivity contribution >= 4 is 17.5 Å². The first kappa shape index (κ1) is 12.4. The summed E-state index contributed by atoms with van der Waals surface area (Å²) in [6, 6.07) is 0. The molecule has 1 saturated heterocycles. The van der Waals surface area contributed by atoms with Gasteiger partial charge >= 0.3 is 0 Å². The second-order valence-electron chi connectivity index (χ2n) is 4.35. The summed E-state index contributed by atoms with van der Waals surface area (Å²) in [5.74, 6) is 0.126. The van der Waals surface area contributed by atoms with Gasteiger partial charge in [0, 0.05) is 45.2 Å². The maximum Gasteiger partial charge on any atom is 0.221 e. The summed E-state index contributed by atoms with van der Waals surface area (Å²) in [5, 5.41) is 7.84. The van der Waals surface area contributed by atoms with Crippen molar-refractivity contribution in [2.75, 3.05) is 19.6 Å². The molecule has 0 aromatic carbocycles. The van der Waals surface area contributed by atoms with E-state index in [1.165, 1.54) is 0 Å². The van der Waals surface area contributed by atoms with Crippen LogP contribution < -0.4 is 5.32 Å². The number of amides is 1. The number of aromatic nitrogens is 2. The molecule has 1 aromatic heterocycles. The van der Waals surface area contributed by atoms with Crippen molar-refractivity contribution in [3.05, 3.63) is 16.4 Å². The Labute approximate surface area is 106 Å². The van der Waals surface area contributed by atoms with Crippen LogP contribution in [-0.4, -0.2) is 40.2 Å². The third kappa shape index (κ3) is 2.79. The van der Waals surface area contributed by atoms with Gasteiger partial charge in [-0.25, -0.2) is 0 Å². The fraction of sp³-hybridized carbons (Fsp3) is 0.636. The lowest BCUT2D eigenvalue weighted by molar-refractivity contribution is -0.120. The van der Waals surface area contributed by atoms with Gasteiger partial charge in [0.1, 0.15) is 5.15 Å². The highest BCUT2D eigenvalue weighted by Crippen LogP contribution is 2.20. The number of nitrogens with one attached hydrogen (secondary N) is 1. The number of hydrogen-bond acceptors (Lipinski definition) is 3. The summed E-state index contributed by atoms with van der Waals surface area (Å²) in [4.78, 5) is 13.5. The Morgan fingerprint density at radius 2 is 2.24 bits per heavy atom. The van der Waals surface area contributed by atoms with Gasteiger partial charge in [-0.05, 0) is 6.92 Å². The lowest BCUT2D eigenvalue weighted by atomic mass is 10.2. The SMILES string of the molecule is Cc1nn(C)c(Cl)c1CN1CCNC(=O)CC1. The van der Waals surface area contributed by atoms with E-state index in [1.807, 2.05) is 14.0 Å². The molecule has 2 rings (SSSR count). The summed E-state index contributed by atoms with van der Waals surface area (Å²) < 4.78 is 1.69. The highest BCUT2D eigenvalue weighted by Gasteiger charge is 2.18. The fourth-order valence-corrected chi connectivity index (χ4v) is 2.28. The van der Waals surface area contributed by atoms with Gasteiger partial charge in [0.2, 0.25) is 5.91 Å². The molecule has 1 aromatic rings. The molecule has 0 radical (unpaired) electrons. The van der Waals surface area contributed by atoms with E-state index in [4.69, 9.17) is 11.6 Å². The summed E-state index contributed by atoms with van der Waals surface area (Å²) in [6.07, 6.45) is 0.553. The highest BCUT2D eigenvalue weighted by molar-refractivity contribution is 6.30. The summed E-state index contributed by atoms with van der Waals surface area (Å²) >= 11 is 6.19. The molecule has 1 amide bonds. The van der Waals surface area contributed by atoms with E-state index < -0.39 is 0 Å². The second-order valence-corrected chi connectivity index (χ2v) is 4.71. The van der Waals surface area contributed by atoms with Crippen LogP contribution in [0.3, 0.4) is 0 Å². The maximum atomic E-state index is 11.2. The molecule has 17 heavy (non-hydrogen) atoms. The van der Waals surface area contributed by atoms with Gasteiger partial charge in [0.25, 0.3) is 0 Å². The zero-order chi connectivity index (χ0) is 12.4. The zero-order valence-corrected chi connectivity index (χ0v) is 10.9. The number of carbonyl (C=O) groups excluding carboxylic acids is 1. The predicted molar refractivity (Wildman–Crippen MR) is 65.9 cm³/mol. The van der Waals surface area contributed by atoms with Crippen molar-refractivity contribution in [2.45, 2.75) is 19.9 Å². The topological polar surface area (TPSA) is 50.2 Å². The van der Waals surface area contributed by atoms with E-state index in [0.717, 1.165) is 30.9 Å². The zero-order valence-electron chi connectivity index (χ0n) is 10.2. The Bertz CT molecular complexity index is 429. The van der Waals surface area contributed by atoms with Gasteiger partial charge in [-0.15, -0.1) is 0 Å². The van der Waals surface area contributed by atoms with Gasteiger partial charge in [0.05, 0.1) is 5.69 Å². The fourth-order valence-electron chi connectivity index (χ4n) is 2.05. The van der Waals surface area contributed by atoms with E-state index in [2.05, 4.69) is 15.3 Å². The molecule has 1 fully saturated rings. The van der Waals surface area contributed by atoms with Crippen molar-refractivity contribution in [1.82, 2.24) is 20.0 Å². The minimum atomic E-state index is 0.126. The van der Waals surface area contributed by atoms with Crippen LogP contribution in [0.4, 0.5) is 0 Å². The van der Waals surface area contributed by atoms with Gasteiger partial charge in [-0.1, -0.05) is 11.6 Å². The molecule has 0 bridgehead atoms. The van der Waals surface area contributed by atoms with Gasteiger partial charge < -0.3 is 5.32 Å². The molecule has 94 valence electrons. The molecular formula is C11H17ClN4O. The lowest BCUT2D eigenvalue weighted by Crippen LogP contribution is -2.28. The predicted octanol–water partition coefficient (Wildman–Crippen LogP) is 0.704. The molecule has 0 aliphatic carbocycles. The first-order chi connectivity index (χ1) is 8.08. The number of hydrogen-bond donors (Lipinski definition) is 1. The minimum Gasteiger partial charge on any atom is -0.355 e. The first-order valence-corrected chi connectivity index (χ1v) is 6.12. The van der Waals surface area contributed by atoms with Crippen LogP contribution in [0.5, 0.6) is 0 Å². The molecule has 1 aliphatic heterocycles. The Morgan fingerprint density at radius 1 is 1.47 bits per heavy atom. The Balaban J connectivity index is 2.07. The van der Waals surface area contributed by atoms with Crippen LogP contribution in [0.25, 0.3) is 0 Å². The monoisotopic (exact) mass is 256 g/mol. The summed E-state index contributed by atoms with van der Waals surface area (Å²) in [5.41, 5.74) is 2.02. The van der Waals surface area contributed by atoms with Crippen LogP contribution in [0.15, 0.2) is 0 Å². The van der Waals surface area contributed by atoms with E-state index in [9.17, 15) is 4.79 Å². The first-order valence-electron chi connectivity index (χ1n) is 5.75. The Hall–Kier alpha value is -1.07. The average molecular weight is 257 g/mol. The molecule has 0 unspecified atom stereocenters. The van der Waals surface area contributed by atoms with Crippen molar-refractivity contribution in [3.63, 3.8) is 0 Å². The van der Waals surface area contributed by atoms with Crippen LogP contribution in [0.2, 0.25) is 5.15 Å².